The molecule has 0 fully saturated rings. The van der Waals surface area contributed by atoms with E-state index in [1.807, 2.05) is 36.4 Å². The van der Waals surface area contributed by atoms with E-state index in [1.165, 1.54) is 13.3 Å². The summed E-state index contributed by atoms with van der Waals surface area (Å²) in [6.45, 7) is 1.76. The Balaban J connectivity index is 1.96. The lowest BCUT2D eigenvalue weighted by Crippen LogP contribution is -2.23. The van der Waals surface area contributed by atoms with Crippen molar-refractivity contribution in [2.24, 2.45) is 0 Å². The highest BCUT2D eigenvalue weighted by Crippen LogP contribution is 2.36. The molecule has 3 N–H and O–H groups in total. The molecule has 0 amide bonds. The maximum absolute atomic E-state index is 11.1. The van der Waals surface area contributed by atoms with E-state index in [-0.39, 0.29) is 13.2 Å². The first-order valence-corrected chi connectivity index (χ1v) is 10.3. The van der Waals surface area contributed by atoms with E-state index < -0.39 is 24.4 Å². The van der Waals surface area contributed by atoms with Crippen molar-refractivity contribution in [3.63, 3.8) is 0 Å². The van der Waals surface area contributed by atoms with Gasteiger partial charge in [0.2, 0.25) is 0 Å². The van der Waals surface area contributed by atoms with E-state index in [0.29, 0.717) is 17.1 Å². The van der Waals surface area contributed by atoms with Crippen LogP contribution in [0.3, 0.4) is 0 Å². The molecule has 0 aliphatic heterocycles. The van der Waals surface area contributed by atoms with Gasteiger partial charge in [-0.25, -0.2) is 4.98 Å². The highest BCUT2D eigenvalue weighted by atomic mass is 16.5. The van der Waals surface area contributed by atoms with Crippen LogP contribution in [0.5, 0.6) is 5.75 Å². The van der Waals surface area contributed by atoms with Crippen molar-refractivity contribution in [2.75, 3.05) is 20.3 Å². The van der Waals surface area contributed by atoms with Gasteiger partial charge in [-0.2, -0.15) is 0 Å². The van der Waals surface area contributed by atoms with Crippen molar-refractivity contribution in [2.45, 2.75) is 31.3 Å². The molecule has 4 atom stereocenters. The van der Waals surface area contributed by atoms with Gasteiger partial charge in [-0.05, 0) is 24.1 Å². The molecule has 1 heterocycles. The molecule has 168 valence electrons. The largest absolute Gasteiger partial charge is 0.490 e. The maximum atomic E-state index is 11.1. The van der Waals surface area contributed by atoms with Gasteiger partial charge in [0, 0.05) is 25.1 Å². The molecule has 32 heavy (non-hydrogen) atoms. The van der Waals surface area contributed by atoms with Crippen LogP contribution in [0, 0.1) is 12.3 Å². The first kappa shape index (κ1) is 23.5. The molecular formula is C25H28N2O5. The molecule has 7 heteroatoms. The Kier molecular flexibility index (Phi) is 8.03. The number of aliphatic hydroxyl groups is 3. The number of terminal acetylenes is 1. The van der Waals surface area contributed by atoms with E-state index in [2.05, 4.69) is 10.9 Å². The Bertz CT molecular complexity index is 1040. The lowest BCUT2D eigenvalue weighted by Gasteiger charge is -2.24. The van der Waals surface area contributed by atoms with Crippen molar-refractivity contribution < 1.29 is 24.8 Å². The Labute approximate surface area is 187 Å². The number of imidazole rings is 1. The molecule has 0 saturated carbocycles. The second-order valence-electron chi connectivity index (χ2n) is 7.47. The average molecular weight is 437 g/mol. The van der Waals surface area contributed by atoms with Crippen molar-refractivity contribution >= 4 is 0 Å². The van der Waals surface area contributed by atoms with Gasteiger partial charge >= 0.3 is 0 Å². The predicted molar refractivity (Wildman–Crippen MR) is 121 cm³/mol. The molecule has 0 spiro atoms. The van der Waals surface area contributed by atoms with Gasteiger partial charge in [0.1, 0.15) is 42.5 Å². The zero-order valence-corrected chi connectivity index (χ0v) is 18.1. The number of methoxy groups -OCH3 is 1. The predicted octanol–water partition coefficient (Wildman–Crippen LogP) is 2.90. The minimum atomic E-state index is -1.08. The SMILES string of the molecule is C#CC(C(O)c1ccc(-c2ccccc2)c(OCC(O)COC)c1)n1ccnc1[C@H](C)O. The average Bonchev–Trinajstić information content (AvgIpc) is 3.28. The van der Waals surface area contributed by atoms with E-state index in [4.69, 9.17) is 15.9 Å². The first-order valence-electron chi connectivity index (χ1n) is 10.3. The van der Waals surface area contributed by atoms with Gasteiger partial charge in [-0.1, -0.05) is 48.4 Å². The number of nitrogens with zero attached hydrogens (tertiary/aromatic N) is 2. The van der Waals surface area contributed by atoms with Crippen LogP contribution in [0.15, 0.2) is 60.9 Å². The Morgan fingerprint density at radius 2 is 1.84 bits per heavy atom. The lowest BCUT2D eigenvalue weighted by atomic mass is 9.97. The number of hydrogen-bond donors (Lipinski definition) is 3. The van der Waals surface area contributed by atoms with Gasteiger partial charge in [-0.3, -0.25) is 0 Å². The normalized spacial score (nSPS) is 14.9. The highest BCUT2D eigenvalue weighted by Gasteiger charge is 2.25. The fourth-order valence-corrected chi connectivity index (χ4v) is 3.51. The van der Waals surface area contributed by atoms with Gasteiger partial charge < -0.3 is 29.4 Å². The first-order chi connectivity index (χ1) is 15.5. The van der Waals surface area contributed by atoms with Crippen LogP contribution >= 0.6 is 0 Å². The fraction of sp³-hybridized carbons (Fsp3) is 0.320. The molecule has 1 aromatic heterocycles. The van der Waals surface area contributed by atoms with Crippen LogP contribution < -0.4 is 4.74 Å². The van der Waals surface area contributed by atoms with E-state index in [0.717, 1.165) is 11.1 Å². The van der Waals surface area contributed by atoms with Crippen molar-refractivity contribution in [1.29, 1.82) is 0 Å². The van der Waals surface area contributed by atoms with Gasteiger partial charge in [-0.15, -0.1) is 6.42 Å². The van der Waals surface area contributed by atoms with Crippen LogP contribution in [0.2, 0.25) is 0 Å². The van der Waals surface area contributed by atoms with Crippen molar-refractivity contribution in [3.05, 3.63) is 72.3 Å². The topological polar surface area (TPSA) is 97.0 Å². The minimum Gasteiger partial charge on any atom is -0.490 e. The molecule has 0 saturated heterocycles. The third-order valence-corrected chi connectivity index (χ3v) is 5.06. The summed E-state index contributed by atoms with van der Waals surface area (Å²) in [6, 6.07) is 14.2. The molecular weight excluding hydrogens is 408 g/mol. The van der Waals surface area contributed by atoms with E-state index in [9.17, 15) is 15.3 Å². The fourth-order valence-electron chi connectivity index (χ4n) is 3.51. The van der Waals surface area contributed by atoms with Crippen molar-refractivity contribution in [1.82, 2.24) is 9.55 Å². The molecule has 0 bridgehead atoms. The zero-order chi connectivity index (χ0) is 23.1. The molecule has 0 radical (unpaired) electrons. The summed E-state index contributed by atoms with van der Waals surface area (Å²) in [6.07, 6.45) is 6.19. The van der Waals surface area contributed by atoms with Crippen LogP contribution in [0.25, 0.3) is 11.1 Å². The number of aliphatic hydroxyl groups excluding tert-OH is 3. The van der Waals surface area contributed by atoms with Gasteiger partial charge in [0.05, 0.1) is 6.61 Å². The molecule has 2 aromatic carbocycles. The van der Waals surface area contributed by atoms with Crippen LogP contribution in [0.1, 0.15) is 36.6 Å². The quantitative estimate of drug-likeness (QED) is 0.423. The minimum absolute atomic E-state index is 0.0273. The third-order valence-electron chi connectivity index (χ3n) is 5.06. The third kappa shape index (κ3) is 5.36. The molecule has 3 unspecified atom stereocenters. The van der Waals surface area contributed by atoms with Crippen molar-refractivity contribution in [3.8, 4) is 29.2 Å². The van der Waals surface area contributed by atoms with E-state index in [1.54, 1.807) is 29.8 Å². The number of ether oxygens (including phenoxy) is 2. The zero-order valence-electron chi connectivity index (χ0n) is 18.1. The summed E-state index contributed by atoms with van der Waals surface area (Å²) in [7, 11) is 1.51. The Morgan fingerprint density at radius 3 is 2.50 bits per heavy atom. The van der Waals surface area contributed by atoms with Crippen LogP contribution in [-0.2, 0) is 4.74 Å². The molecule has 3 rings (SSSR count). The lowest BCUT2D eigenvalue weighted by molar-refractivity contribution is 0.0326. The standard InChI is InChI=1S/C25H28N2O5/c1-4-22(27-13-12-26-25(27)17(2)28)24(30)19-10-11-21(18-8-6-5-7-9-18)23(14-19)32-16-20(29)15-31-3/h1,5-14,17,20,22,24,28-30H,15-16H2,2-3H3/t17-,20?,22?,24?/m0/s1. The van der Waals surface area contributed by atoms with Gasteiger partial charge in [0.25, 0.3) is 0 Å². The molecule has 3 aromatic rings. The van der Waals surface area contributed by atoms with Crippen LogP contribution in [-0.4, -0.2) is 51.3 Å². The van der Waals surface area contributed by atoms with Crippen LogP contribution in [0.4, 0.5) is 0 Å². The Morgan fingerprint density at radius 1 is 1.09 bits per heavy atom. The number of hydrogen-bond acceptors (Lipinski definition) is 6. The summed E-state index contributed by atoms with van der Waals surface area (Å²) in [4.78, 5) is 4.14. The highest BCUT2D eigenvalue weighted by molar-refractivity contribution is 5.71. The number of aromatic nitrogens is 2. The maximum Gasteiger partial charge on any atom is 0.138 e. The summed E-state index contributed by atoms with van der Waals surface area (Å²) in [5.41, 5.74) is 2.29. The summed E-state index contributed by atoms with van der Waals surface area (Å²) in [5.74, 6) is 3.46. The Hall–Kier alpha value is -3.15. The smallest absolute Gasteiger partial charge is 0.138 e. The van der Waals surface area contributed by atoms with E-state index >= 15 is 0 Å². The second-order valence-corrected chi connectivity index (χ2v) is 7.47. The molecule has 7 nitrogen and oxygen atoms in total. The number of benzene rings is 2. The summed E-state index contributed by atoms with van der Waals surface area (Å²) in [5, 5.41) is 31.1. The number of rotatable bonds is 10. The molecule has 0 aliphatic rings. The monoisotopic (exact) mass is 436 g/mol. The second kappa shape index (κ2) is 10.9. The summed E-state index contributed by atoms with van der Waals surface area (Å²) >= 11 is 0. The summed E-state index contributed by atoms with van der Waals surface area (Å²) < 4.78 is 12.5. The molecule has 0 aliphatic carbocycles. The van der Waals surface area contributed by atoms with Gasteiger partial charge in [0.15, 0.2) is 0 Å².